The molecule has 0 aliphatic carbocycles. The fourth-order valence-electron chi connectivity index (χ4n) is 1.31. The predicted octanol–water partition coefficient (Wildman–Crippen LogP) is 0.230. The van der Waals surface area contributed by atoms with Crippen LogP contribution in [0.1, 0.15) is 0 Å². The molecule has 0 radical (unpaired) electrons. The van der Waals surface area contributed by atoms with Crippen molar-refractivity contribution in [1.29, 1.82) is 0 Å². The van der Waals surface area contributed by atoms with E-state index in [4.69, 9.17) is 9.11 Å². The molecule has 0 saturated carbocycles. The molecule has 0 spiro atoms. The van der Waals surface area contributed by atoms with Crippen LogP contribution >= 0.6 is 0 Å². The lowest BCUT2D eigenvalue weighted by Gasteiger charge is -2.12. The maximum absolute atomic E-state index is 11.1. The van der Waals surface area contributed by atoms with Crippen LogP contribution in [0, 0.1) is 0 Å². The van der Waals surface area contributed by atoms with Crippen molar-refractivity contribution >= 4 is 25.9 Å². The number of hydrogen-bond acceptors (Lipinski definition) is 6. The maximum Gasteiger partial charge on any atom is 0.298 e. The first-order valence-corrected chi connectivity index (χ1v) is 7.34. The van der Waals surface area contributed by atoms with Crippen molar-refractivity contribution in [3.63, 3.8) is 0 Å². The van der Waals surface area contributed by atoms with Gasteiger partial charge in [0.25, 0.3) is 20.2 Å². The zero-order valence-electron chi connectivity index (χ0n) is 9.41. The van der Waals surface area contributed by atoms with Gasteiger partial charge in [-0.1, -0.05) is 0 Å². The standard InChI is InChI=1S/C8H11NO7S2/c1-9-5-3-6(17(10,11)12)8(16-2)7(4-5)18(13,14)15/h3-4,9H,1-2H3,(H,10,11,12)(H,13,14,15). The number of benzene rings is 1. The number of anilines is 1. The minimum Gasteiger partial charge on any atom is -0.494 e. The van der Waals surface area contributed by atoms with E-state index in [-0.39, 0.29) is 5.69 Å². The Kier molecular flexibility index (Phi) is 3.86. The fourth-order valence-corrected chi connectivity index (χ4v) is 2.78. The van der Waals surface area contributed by atoms with Crippen molar-refractivity contribution in [1.82, 2.24) is 0 Å². The summed E-state index contributed by atoms with van der Waals surface area (Å²) in [6.45, 7) is 0. The average molecular weight is 297 g/mol. The monoisotopic (exact) mass is 297 g/mol. The second-order valence-electron chi connectivity index (χ2n) is 3.21. The van der Waals surface area contributed by atoms with E-state index in [1.807, 2.05) is 0 Å². The zero-order chi connectivity index (χ0) is 14.1. The second-order valence-corrected chi connectivity index (χ2v) is 5.99. The predicted molar refractivity (Wildman–Crippen MR) is 62.2 cm³/mol. The van der Waals surface area contributed by atoms with E-state index in [1.165, 1.54) is 7.05 Å². The number of rotatable bonds is 4. The Hall–Kier alpha value is -1.36. The molecule has 0 aromatic heterocycles. The highest BCUT2D eigenvalue weighted by atomic mass is 32.2. The summed E-state index contributed by atoms with van der Waals surface area (Å²) < 4.78 is 67.1. The highest BCUT2D eigenvalue weighted by molar-refractivity contribution is 7.86. The van der Waals surface area contributed by atoms with Gasteiger partial charge in [0.15, 0.2) is 5.75 Å². The van der Waals surface area contributed by atoms with Gasteiger partial charge in [-0.3, -0.25) is 9.11 Å². The van der Waals surface area contributed by atoms with Gasteiger partial charge in [0, 0.05) is 12.7 Å². The molecule has 8 nitrogen and oxygen atoms in total. The minimum absolute atomic E-state index is 0.0658. The van der Waals surface area contributed by atoms with Crippen LogP contribution in [0.2, 0.25) is 0 Å². The molecule has 0 unspecified atom stereocenters. The first-order valence-electron chi connectivity index (χ1n) is 4.46. The highest BCUT2D eigenvalue weighted by Gasteiger charge is 2.26. The van der Waals surface area contributed by atoms with E-state index < -0.39 is 35.8 Å². The first kappa shape index (κ1) is 14.7. The molecule has 0 amide bonds. The average Bonchev–Trinajstić information content (AvgIpc) is 2.24. The molecule has 0 fully saturated rings. The van der Waals surface area contributed by atoms with Crippen LogP contribution in [0.15, 0.2) is 21.9 Å². The normalized spacial score (nSPS) is 12.2. The zero-order valence-corrected chi connectivity index (χ0v) is 11.0. The quantitative estimate of drug-likeness (QED) is 0.673. The molecule has 1 rings (SSSR count). The SMILES string of the molecule is CNc1cc(S(=O)(=O)O)c(OC)c(S(=O)(=O)O)c1. The molecule has 0 heterocycles. The van der Waals surface area contributed by atoms with Crippen molar-refractivity contribution in [2.24, 2.45) is 0 Å². The van der Waals surface area contributed by atoms with Gasteiger partial charge in [0.2, 0.25) is 0 Å². The first-order chi connectivity index (χ1) is 8.11. The third kappa shape index (κ3) is 2.90. The molecule has 10 heteroatoms. The molecule has 18 heavy (non-hydrogen) atoms. The molecule has 1 aromatic carbocycles. The van der Waals surface area contributed by atoms with Crippen LogP contribution < -0.4 is 10.1 Å². The van der Waals surface area contributed by atoms with E-state index in [0.29, 0.717) is 0 Å². The van der Waals surface area contributed by atoms with Crippen molar-refractivity contribution in [3.05, 3.63) is 12.1 Å². The fraction of sp³-hybridized carbons (Fsp3) is 0.250. The molecule has 102 valence electrons. The molecule has 0 atom stereocenters. The molecular weight excluding hydrogens is 286 g/mol. The summed E-state index contributed by atoms with van der Waals surface area (Å²) in [6, 6.07) is 1.95. The van der Waals surface area contributed by atoms with E-state index >= 15 is 0 Å². The van der Waals surface area contributed by atoms with Crippen molar-refractivity contribution < 1.29 is 30.7 Å². The number of nitrogens with one attached hydrogen (secondary N) is 1. The second kappa shape index (κ2) is 4.72. The number of ether oxygens (including phenoxy) is 1. The van der Waals surface area contributed by atoms with Crippen molar-refractivity contribution in [2.75, 3.05) is 19.5 Å². The lowest BCUT2D eigenvalue weighted by Crippen LogP contribution is -2.09. The Bertz CT molecular complexity index is 610. The summed E-state index contributed by atoms with van der Waals surface area (Å²) in [5.41, 5.74) is 0.0658. The summed E-state index contributed by atoms with van der Waals surface area (Å²) in [4.78, 5) is -1.52. The van der Waals surface area contributed by atoms with Gasteiger partial charge in [-0.15, -0.1) is 0 Å². The lowest BCUT2D eigenvalue weighted by molar-refractivity contribution is 0.382. The molecular formula is C8H11NO7S2. The molecule has 3 N–H and O–H groups in total. The van der Waals surface area contributed by atoms with Gasteiger partial charge in [0.05, 0.1) is 7.11 Å². The summed E-state index contributed by atoms with van der Waals surface area (Å²) >= 11 is 0. The van der Waals surface area contributed by atoms with Crippen LogP contribution in [0.4, 0.5) is 5.69 Å². The Labute approximate surface area is 104 Å². The van der Waals surface area contributed by atoms with Crippen LogP contribution in [-0.4, -0.2) is 40.1 Å². The minimum atomic E-state index is -4.70. The van der Waals surface area contributed by atoms with E-state index in [1.54, 1.807) is 0 Å². The van der Waals surface area contributed by atoms with Gasteiger partial charge >= 0.3 is 0 Å². The summed E-state index contributed by atoms with van der Waals surface area (Å²) in [6.07, 6.45) is 0. The summed E-state index contributed by atoms with van der Waals surface area (Å²) in [5.74, 6) is -0.654. The van der Waals surface area contributed by atoms with E-state index in [9.17, 15) is 16.8 Å². The van der Waals surface area contributed by atoms with Crippen molar-refractivity contribution in [2.45, 2.75) is 9.79 Å². The molecule has 0 aliphatic heterocycles. The van der Waals surface area contributed by atoms with Gasteiger partial charge < -0.3 is 10.1 Å². The number of methoxy groups -OCH3 is 1. The lowest BCUT2D eigenvalue weighted by atomic mass is 10.3. The van der Waals surface area contributed by atoms with Crippen LogP contribution in [0.25, 0.3) is 0 Å². The van der Waals surface area contributed by atoms with Crippen LogP contribution in [-0.2, 0) is 20.2 Å². The van der Waals surface area contributed by atoms with Gasteiger partial charge in [0.1, 0.15) is 9.79 Å². The number of hydrogen-bond donors (Lipinski definition) is 3. The molecule has 0 aliphatic rings. The molecule has 1 aromatic rings. The van der Waals surface area contributed by atoms with Gasteiger partial charge in [-0.2, -0.15) is 16.8 Å². The summed E-state index contributed by atoms with van der Waals surface area (Å²) in [7, 11) is -6.99. The Balaban J connectivity index is 3.84. The van der Waals surface area contributed by atoms with E-state index in [0.717, 1.165) is 19.2 Å². The maximum atomic E-state index is 11.1. The van der Waals surface area contributed by atoms with Crippen LogP contribution in [0.5, 0.6) is 5.75 Å². The van der Waals surface area contributed by atoms with E-state index in [2.05, 4.69) is 10.1 Å². The molecule has 0 saturated heterocycles. The Morgan fingerprint density at radius 2 is 1.44 bits per heavy atom. The highest BCUT2D eigenvalue weighted by Crippen LogP contribution is 2.34. The van der Waals surface area contributed by atoms with Crippen molar-refractivity contribution in [3.8, 4) is 5.75 Å². The van der Waals surface area contributed by atoms with Crippen LogP contribution in [0.3, 0.4) is 0 Å². The summed E-state index contributed by atoms with van der Waals surface area (Å²) in [5, 5.41) is 2.50. The largest absolute Gasteiger partial charge is 0.494 e. The smallest absolute Gasteiger partial charge is 0.298 e. The topological polar surface area (TPSA) is 130 Å². The third-order valence-electron chi connectivity index (χ3n) is 2.07. The Morgan fingerprint density at radius 1 is 1.06 bits per heavy atom. The molecule has 0 bridgehead atoms. The van der Waals surface area contributed by atoms with Gasteiger partial charge in [-0.05, 0) is 12.1 Å². The Morgan fingerprint density at radius 3 is 1.67 bits per heavy atom. The third-order valence-corrected chi connectivity index (χ3v) is 3.79. The van der Waals surface area contributed by atoms with Gasteiger partial charge in [-0.25, -0.2) is 0 Å².